The van der Waals surface area contributed by atoms with Crippen molar-refractivity contribution in [1.29, 1.82) is 0 Å². The first-order valence-electron chi connectivity index (χ1n) is 9.73. The number of phenols is 1. The molecule has 0 saturated carbocycles. The van der Waals surface area contributed by atoms with Gasteiger partial charge in [0.2, 0.25) is 0 Å². The topological polar surface area (TPSA) is 50.9 Å². The molecule has 4 heteroatoms. The number of aromatic hydroxyl groups is 1. The van der Waals surface area contributed by atoms with E-state index in [-0.39, 0.29) is 11.2 Å². The molecule has 0 unspecified atom stereocenters. The summed E-state index contributed by atoms with van der Waals surface area (Å²) in [5, 5.41) is 20.1. The number of nitrogens with zero attached hydrogens (tertiary/aromatic N) is 3. The van der Waals surface area contributed by atoms with Gasteiger partial charge >= 0.3 is 0 Å². The summed E-state index contributed by atoms with van der Waals surface area (Å²) in [5.41, 5.74) is 4.63. The highest BCUT2D eigenvalue weighted by Crippen LogP contribution is 2.37. The van der Waals surface area contributed by atoms with Gasteiger partial charge in [0.1, 0.15) is 22.5 Å². The summed E-state index contributed by atoms with van der Waals surface area (Å²) in [6, 6.07) is 12.0. The van der Waals surface area contributed by atoms with E-state index in [0.717, 1.165) is 35.9 Å². The number of fused-ring (bicyclic) bond motifs is 1. The fourth-order valence-corrected chi connectivity index (χ4v) is 3.34. The van der Waals surface area contributed by atoms with Crippen LogP contribution >= 0.6 is 0 Å². The summed E-state index contributed by atoms with van der Waals surface area (Å²) in [5.74, 6) is 0.266. The highest BCUT2D eigenvalue weighted by Gasteiger charge is 2.23. The minimum Gasteiger partial charge on any atom is -0.505 e. The van der Waals surface area contributed by atoms with Gasteiger partial charge in [-0.1, -0.05) is 59.7 Å². The molecule has 27 heavy (non-hydrogen) atoms. The molecule has 0 saturated heterocycles. The van der Waals surface area contributed by atoms with Gasteiger partial charge in [-0.3, -0.25) is 0 Å². The van der Waals surface area contributed by atoms with E-state index in [0.29, 0.717) is 11.1 Å². The lowest BCUT2D eigenvalue weighted by Gasteiger charge is -2.23. The number of aromatic nitrogens is 3. The minimum absolute atomic E-state index is 0.161. The molecule has 0 aliphatic carbocycles. The number of aryl methyl sites for hydroxylation is 1. The maximum atomic E-state index is 11.0. The van der Waals surface area contributed by atoms with Gasteiger partial charge in [0.25, 0.3) is 0 Å². The fourth-order valence-electron chi connectivity index (χ4n) is 3.34. The lowest BCUT2D eigenvalue weighted by molar-refractivity contribution is 0.365. The summed E-state index contributed by atoms with van der Waals surface area (Å²) in [7, 11) is 0. The van der Waals surface area contributed by atoms with Crippen LogP contribution in [0.4, 0.5) is 0 Å². The molecular formula is C23H31N3O. The Morgan fingerprint density at radius 1 is 0.926 bits per heavy atom. The lowest BCUT2D eigenvalue weighted by Crippen LogP contribution is -2.14. The van der Waals surface area contributed by atoms with Crippen LogP contribution in [0.25, 0.3) is 16.7 Å². The van der Waals surface area contributed by atoms with Crippen molar-refractivity contribution in [3.63, 3.8) is 0 Å². The maximum Gasteiger partial charge on any atom is 0.146 e. The molecule has 0 fully saturated rings. The third-order valence-corrected chi connectivity index (χ3v) is 4.85. The maximum absolute atomic E-state index is 11.0. The zero-order chi connectivity index (χ0) is 19.8. The normalized spacial score (nSPS) is 12.7. The van der Waals surface area contributed by atoms with Crippen LogP contribution in [-0.4, -0.2) is 20.1 Å². The largest absolute Gasteiger partial charge is 0.505 e. The second kappa shape index (κ2) is 6.99. The van der Waals surface area contributed by atoms with E-state index in [1.165, 1.54) is 5.56 Å². The van der Waals surface area contributed by atoms with Crippen LogP contribution in [0.1, 0.15) is 65.5 Å². The Morgan fingerprint density at radius 3 is 2.04 bits per heavy atom. The van der Waals surface area contributed by atoms with E-state index < -0.39 is 0 Å². The molecular weight excluding hydrogens is 334 g/mol. The van der Waals surface area contributed by atoms with Crippen molar-refractivity contribution >= 4 is 11.0 Å². The molecule has 144 valence electrons. The smallest absolute Gasteiger partial charge is 0.146 e. The van der Waals surface area contributed by atoms with E-state index in [9.17, 15) is 5.11 Å². The highest BCUT2D eigenvalue weighted by molar-refractivity contribution is 5.73. The average molecular weight is 366 g/mol. The van der Waals surface area contributed by atoms with Crippen molar-refractivity contribution in [2.45, 2.75) is 66.2 Å². The van der Waals surface area contributed by atoms with Gasteiger partial charge in [-0.15, -0.1) is 15.0 Å². The minimum atomic E-state index is -0.161. The molecule has 0 atom stereocenters. The third kappa shape index (κ3) is 4.49. The summed E-state index contributed by atoms with van der Waals surface area (Å²) >= 11 is 0. The summed E-state index contributed by atoms with van der Waals surface area (Å²) in [6.45, 7) is 13.2. The second-order valence-corrected chi connectivity index (χ2v) is 9.65. The van der Waals surface area contributed by atoms with Crippen molar-refractivity contribution in [1.82, 2.24) is 15.0 Å². The van der Waals surface area contributed by atoms with Gasteiger partial charge in [0.15, 0.2) is 0 Å². The summed E-state index contributed by atoms with van der Waals surface area (Å²) in [4.78, 5) is 1.57. The Kier molecular flexibility index (Phi) is 5.02. The second-order valence-electron chi connectivity index (χ2n) is 9.65. The third-order valence-electron chi connectivity index (χ3n) is 4.85. The average Bonchev–Trinajstić information content (AvgIpc) is 2.97. The Labute approximate surface area is 162 Å². The molecule has 1 N–H and O–H groups in total. The van der Waals surface area contributed by atoms with E-state index in [1.807, 2.05) is 30.3 Å². The van der Waals surface area contributed by atoms with Crippen LogP contribution < -0.4 is 0 Å². The predicted molar refractivity (Wildman–Crippen MR) is 112 cm³/mol. The first kappa shape index (κ1) is 19.4. The first-order chi connectivity index (χ1) is 12.5. The lowest BCUT2D eigenvalue weighted by atomic mass is 9.83. The van der Waals surface area contributed by atoms with Gasteiger partial charge in [-0.2, -0.15) is 0 Å². The van der Waals surface area contributed by atoms with Gasteiger partial charge in [-0.25, -0.2) is 0 Å². The van der Waals surface area contributed by atoms with Crippen molar-refractivity contribution in [3.05, 3.63) is 47.5 Å². The standard InChI is InChI=1S/C23H31N3O/c1-22(2,3)13-9-10-16-14-17(23(4,5)6)21(27)20(15-16)26-24-18-11-7-8-12-19(18)25-26/h7-8,11-12,14-15,27H,9-10,13H2,1-6H3. The van der Waals surface area contributed by atoms with Crippen molar-refractivity contribution in [2.24, 2.45) is 5.41 Å². The number of phenolic OH excluding ortho intramolecular Hbond substituents is 1. The van der Waals surface area contributed by atoms with Gasteiger partial charge in [0.05, 0.1) is 0 Å². The van der Waals surface area contributed by atoms with E-state index in [2.05, 4.69) is 57.8 Å². The SMILES string of the molecule is CC(C)(C)CCCc1cc(-n2nc3ccccc3n2)c(O)c(C(C)(C)C)c1. The molecule has 2 aromatic carbocycles. The molecule has 4 nitrogen and oxygen atoms in total. The van der Waals surface area contributed by atoms with Crippen LogP contribution in [0.3, 0.4) is 0 Å². The Hall–Kier alpha value is -2.36. The Balaban J connectivity index is 2.04. The quantitative estimate of drug-likeness (QED) is 0.636. The van der Waals surface area contributed by atoms with Crippen LogP contribution in [0.2, 0.25) is 0 Å². The van der Waals surface area contributed by atoms with E-state index in [1.54, 1.807) is 4.80 Å². The number of hydrogen-bond donors (Lipinski definition) is 1. The predicted octanol–water partition coefficient (Wildman–Crippen LogP) is 5.79. The van der Waals surface area contributed by atoms with Gasteiger partial charge < -0.3 is 5.11 Å². The highest BCUT2D eigenvalue weighted by atomic mass is 16.3. The summed E-state index contributed by atoms with van der Waals surface area (Å²) in [6.07, 6.45) is 3.26. The van der Waals surface area contributed by atoms with Crippen LogP contribution in [0, 0.1) is 5.41 Å². The Bertz CT molecular complexity index is 909. The van der Waals surface area contributed by atoms with Crippen LogP contribution in [-0.2, 0) is 11.8 Å². The van der Waals surface area contributed by atoms with Crippen molar-refractivity contribution in [3.8, 4) is 11.4 Å². The molecule has 0 amide bonds. The molecule has 3 aromatic rings. The zero-order valence-electron chi connectivity index (χ0n) is 17.4. The first-order valence-corrected chi connectivity index (χ1v) is 9.73. The fraction of sp³-hybridized carbons (Fsp3) is 0.478. The molecule has 1 aromatic heterocycles. The summed E-state index contributed by atoms with van der Waals surface area (Å²) < 4.78 is 0. The Morgan fingerprint density at radius 2 is 1.52 bits per heavy atom. The number of hydrogen-bond acceptors (Lipinski definition) is 3. The number of rotatable bonds is 4. The van der Waals surface area contributed by atoms with Crippen LogP contribution in [0.15, 0.2) is 36.4 Å². The van der Waals surface area contributed by atoms with Gasteiger partial charge in [0, 0.05) is 5.56 Å². The number of benzene rings is 2. The van der Waals surface area contributed by atoms with Gasteiger partial charge in [-0.05, 0) is 53.9 Å². The van der Waals surface area contributed by atoms with E-state index in [4.69, 9.17) is 0 Å². The molecule has 0 bridgehead atoms. The molecule has 1 heterocycles. The van der Waals surface area contributed by atoms with Crippen LogP contribution in [0.5, 0.6) is 5.75 Å². The monoisotopic (exact) mass is 365 g/mol. The molecule has 0 radical (unpaired) electrons. The molecule has 0 aliphatic heterocycles. The molecule has 3 rings (SSSR count). The van der Waals surface area contributed by atoms with Crippen molar-refractivity contribution in [2.75, 3.05) is 0 Å². The molecule has 0 spiro atoms. The van der Waals surface area contributed by atoms with E-state index >= 15 is 0 Å². The molecule has 0 aliphatic rings. The van der Waals surface area contributed by atoms with Crippen molar-refractivity contribution < 1.29 is 5.11 Å². The zero-order valence-corrected chi connectivity index (χ0v) is 17.4.